The molecule has 1 N–H and O–H groups in total. The van der Waals surface area contributed by atoms with Crippen LogP contribution in [-0.2, 0) is 22.6 Å². The Morgan fingerprint density at radius 3 is 2.15 bits per heavy atom. The van der Waals surface area contributed by atoms with Gasteiger partial charge in [0.05, 0.1) is 0 Å². The van der Waals surface area contributed by atoms with Crippen molar-refractivity contribution < 1.29 is 14.3 Å². The first-order valence-electron chi connectivity index (χ1n) is 12.8. The number of carbonyl (C=O) groups excluding carboxylic acids is 2. The summed E-state index contributed by atoms with van der Waals surface area (Å²) < 4.78 is 6.05. The largest absolute Gasteiger partial charge is 0.483 e. The number of carbonyl (C=O) groups is 2. The molecule has 0 spiro atoms. The number of nitrogens with zero attached hydrogens (tertiary/aromatic N) is 1. The number of halogens is 2. The number of amides is 2. The zero-order valence-electron chi connectivity index (χ0n) is 22.3. The van der Waals surface area contributed by atoms with Crippen molar-refractivity contribution >= 4 is 45.8 Å². The summed E-state index contributed by atoms with van der Waals surface area (Å²) in [6, 6.07) is 27.5. The van der Waals surface area contributed by atoms with Crippen LogP contribution in [0.1, 0.15) is 31.9 Å². The maximum Gasteiger partial charge on any atom is 0.261 e. The number of nitrogens with one attached hydrogen (secondary N) is 1. The molecule has 0 bridgehead atoms. The van der Waals surface area contributed by atoms with Crippen LogP contribution in [0.2, 0.25) is 10.0 Å². The highest BCUT2D eigenvalue weighted by Crippen LogP contribution is 2.28. The molecular weight excluding hydrogens is 531 g/mol. The molecule has 4 rings (SSSR count). The van der Waals surface area contributed by atoms with Gasteiger partial charge in [0.1, 0.15) is 11.8 Å². The molecule has 7 heteroatoms. The summed E-state index contributed by atoms with van der Waals surface area (Å²) in [6.45, 7) is 5.51. The van der Waals surface area contributed by atoms with Crippen molar-refractivity contribution in [3.63, 3.8) is 0 Å². The Morgan fingerprint density at radius 2 is 1.46 bits per heavy atom. The molecule has 0 aromatic heterocycles. The quantitative estimate of drug-likeness (QED) is 0.237. The Balaban J connectivity index is 1.70. The normalized spacial score (nSPS) is 12.1. The van der Waals surface area contributed by atoms with Crippen molar-refractivity contribution in [2.24, 2.45) is 0 Å². The average Bonchev–Trinajstić information content (AvgIpc) is 2.90. The van der Waals surface area contributed by atoms with Crippen molar-refractivity contribution in [2.75, 3.05) is 6.61 Å². The molecule has 2 amide bonds. The maximum atomic E-state index is 13.9. The lowest BCUT2D eigenvalue weighted by Crippen LogP contribution is -2.55. The number of ether oxygens (including phenoxy) is 1. The van der Waals surface area contributed by atoms with E-state index in [4.69, 9.17) is 27.9 Å². The highest BCUT2D eigenvalue weighted by atomic mass is 35.5. The lowest BCUT2D eigenvalue weighted by atomic mass is 10.0. The first kappa shape index (κ1) is 28.5. The average molecular weight is 564 g/mol. The molecule has 4 aromatic carbocycles. The Bertz CT molecular complexity index is 1430. The Hall–Kier alpha value is -3.54. The lowest BCUT2D eigenvalue weighted by molar-refractivity contribution is -0.143. The van der Waals surface area contributed by atoms with Gasteiger partial charge >= 0.3 is 0 Å². The van der Waals surface area contributed by atoms with Crippen molar-refractivity contribution in [3.8, 4) is 5.75 Å². The second-order valence-electron chi connectivity index (χ2n) is 10.4. The third kappa shape index (κ3) is 7.53. The van der Waals surface area contributed by atoms with Gasteiger partial charge in [-0.15, -0.1) is 0 Å². The van der Waals surface area contributed by atoms with Crippen LogP contribution in [0.4, 0.5) is 0 Å². The number of rotatable bonds is 9. The van der Waals surface area contributed by atoms with Gasteiger partial charge in [0, 0.05) is 39.5 Å². The summed E-state index contributed by atoms with van der Waals surface area (Å²) in [4.78, 5) is 29.1. The topological polar surface area (TPSA) is 58.6 Å². The Kier molecular flexibility index (Phi) is 9.16. The van der Waals surface area contributed by atoms with Crippen molar-refractivity contribution in [2.45, 2.75) is 45.3 Å². The van der Waals surface area contributed by atoms with Gasteiger partial charge in [-0.25, -0.2) is 0 Å². The van der Waals surface area contributed by atoms with Gasteiger partial charge in [0.2, 0.25) is 5.91 Å². The molecule has 0 aliphatic carbocycles. The van der Waals surface area contributed by atoms with Gasteiger partial charge in [-0.1, -0.05) is 96.0 Å². The fourth-order valence-electron chi connectivity index (χ4n) is 4.40. The fraction of sp³-hybridized carbons (Fsp3) is 0.250. The predicted molar refractivity (Wildman–Crippen MR) is 158 cm³/mol. The zero-order chi connectivity index (χ0) is 28.0. The minimum atomic E-state index is -0.831. The van der Waals surface area contributed by atoms with Crippen LogP contribution >= 0.6 is 23.2 Å². The van der Waals surface area contributed by atoms with Gasteiger partial charge in [0.25, 0.3) is 5.91 Å². The summed E-state index contributed by atoms with van der Waals surface area (Å²) in [5.74, 6) is -0.0344. The first-order valence-corrected chi connectivity index (χ1v) is 13.6. The van der Waals surface area contributed by atoms with Crippen molar-refractivity contribution in [3.05, 3.63) is 112 Å². The van der Waals surface area contributed by atoms with E-state index in [1.54, 1.807) is 18.2 Å². The molecule has 0 unspecified atom stereocenters. The van der Waals surface area contributed by atoms with E-state index in [9.17, 15) is 9.59 Å². The molecular formula is C32H32Cl2N2O3. The number of benzene rings is 4. The van der Waals surface area contributed by atoms with Gasteiger partial charge < -0.3 is 15.0 Å². The first-order chi connectivity index (χ1) is 18.6. The fourth-order valence-corrected chi connectivity index (χ4v) is 4.92. The molecule has 0 saturated carbocycles. The predicted octanol–water partition coefficient (Wildman–Crippen LogP) is 7.08. The molecule has 0 saturated heterocycles. The molecule has 4 aromatic rings. The Labute approximate surface area is 239 Å². The summed E-state index contributed by atoms with van der Waals surface area (Å²) in [5, 5.41) is 5.80. The second kappa shape index (κ2) is 12.5. The van der Waals surface area contributed by atoms with E-state index >= 15 is 0 Å². The van der Waals surface area contributed by atoms with E-state index in [1.165, 1.54) is 4.90 Å². The standard InChI is InChI=1S/C32H32Cl2N2O3/c1-32(2,3)35-31(38)28(19-22-11-5-4-6-12-22)36(20-25-26(33)16-10-17-27(25)34)30(37)21-39-29-18-9-14-23-13-7-8-15-24(23)29/h4-18,28H,19-21H2,1-3H3,(H,35,38)/t28-/m0/s1. The van der Waals surface area contributed by atoms with E-state index in [1.807, 2.05) is 93.6 Å². The minimum absolute atomic E-state index is 0.0469. The third-order valence-electron chi connectivity index (χ3n) is 6.26. The molecule has 0 aliphatic rings. The summed E-state index contributed by atoms with van der Waals surface area (Å²) >= 11 is 13.0. The number of hydrogen-bond acceptors (Lipinski definition) is 3. The molecule has 0 fully saturated rings. The number of fused-ring (bicyclic) bond motifs is 1. The van der Waals surface area contributed by atoms with Gasteiger partial charge in [0.15, 0.2) is 6.61 Å². The van der Waals surface area contributed by atoms with E-state index in [-0.39, 0.29) is 25.0 Å². The van der Waals surface area contributed by atoms with Crippen LogP contribution in [0.15, 0.2) is 91.0 Å². The smallest absolute Gasteiger partial charge is 0.261 e. The van der Waals surface area contributed by atoms with E-state index < -0.39 is 11.6 Å². The monoisotopic (exact) mass is 562 g/mol. The molecule has 0 aliphatic heterocycles. The van der Waals surface area contributed by atoms with Crippen LogP contribution in [-0.4, -0.2) is 34.9 Å². The van der Waals surface area contributed by atoms with E-state index in [2.05, 4.69) is 5.32 Å². The Morgan fingerprint density at radius 1 is 0.846 bits per heavy atom. The van der Waals surface area contributed by atoms with Gasteiger partial charge in [-0.05, 0) is 49.9 Å². The highest BCUT2D eigenvalue weighted by Gasteiger charge is 2.33. The van der Waals surface area contributed by atoms with Crippen LogP contribution in [0, 0.1) is 0 Å². The SMILES string of the molecule is CC(C)(C)NC(=O)[C@H](Cc1ccccc1)N(Cc1c(Cl)cccc1Cl)C(=O)COc1cccc2ccccc12. The molecule has 0 heterocycles. The third-order valence-corrected chi connectivity index (χ3v) is 6.97. The van der Waals surface area contributed by atoms with Crippen molar-refractivity contribution in [1.82, 2.24) is 10.2 Å². The van der Waals surface area contributed by atoms with Crippen LogP contribution in [0.25, 0.3) is 10.8 Å². The van der Waals surface area contributed by atoms with Crippen molar-refractivity contribution in [1.29, 1.82) is 0 Å². The lowest BCUT2D eigenvalue weighted by Gasteiger charge is -2.34. The summed E-state index contributed by atoms with van der Waals surface area (Å²) in [5.41, 5.74) is 0.993. The van der Waals surface area contributed by atoms with E-state index in [0.29, 0.717) is 27.8 Å². The van der Waals surface area contributed by atoms with E-state index in [0.717, 1.165) is 16.3 Å². The molecule has 202 valence electrons. The van der Waals surface area contributed by atoms with Crippen LogP contribution < -0.4 is 10.1 Å². The van der Waals surface area contributed by atoms with Gasteiger partial charge in [-0.2, -0.15) is 0 Å². The zero-order valence-corrected chi connectivity index (χ0v) is 23.8. The molecule has 39 heavy (non-hydrogen) atoms. The second-order valence-corrected chi connectivity index (χ2v) is 11.2. The number of hydrogen-bond donors (Lipinski definition) is 1. The summed E-state index contributed by atoms with van der Waals surface area (Å²) in [6.07, 6.45) is 0.310. The molecule has 1 atom stereocenters. The van der Waals surface area contributed by atoms with Gasteiger partial charge in [-0.3, -0.25) is 9.59 Å². The minimum Gasteiger partial charge on any atom is -0.483 e. The summed E-state index contributed by atoms with van der Waals surface area (Å²) in [7, 11) is 0. The van der Waals surface area contributed by atoms with Crippen LogP contribution in [0.5, 0.6) is 5.75 Å². The maximum absolute atomic E-state index is 13.9. The molecule has 5 nitrogen and oxygen atoms in total. The molecule has 0 radical (unpaired) electrons. The highest BCUT2D eigenvalue weighted by molar-refractivity contribution is 6.36. The van der Waals surface area contributed by atoms with Crippen LogP contribution in [0.3, 0.4) is 0 Å².